The zero-order valence-corrected chi connectivity index (χ0v) is 21.2. The highest BCUT2D eigenvalue weighted by molar-refractivity contribution is 8.15. The number of hydrogen-bond acceptors (Lipinski definition) is 7. The van der Waals surface area contributed by atoms with E-state index in [0.29, 0.717) is 40.3 Å². The second-order valence-electron chi connectivity index (χ2n) is 7.53. The highest BCUT2D eigenvalue weighted by Gasteiger charge is 2.39. The number of hydrogen-bond donors (Lipinski definition) is 1. The van der Waals surface area contributed by atoms with E-state index in [1.807, 2.05) is 17.5 Å². The Kier molecular flexibility index (Phi) is 8.22. The van der Waals surface area contributed by atoms with Crippen LogP contribution in [0.2, 0.25) is 5.02 Å². The lowest BCUT2D eigenvalue weighted by Crippen LogP contribution is -2.32. The zero-order chi connectivity index (χ0) is 24.8. The molecule has 1 atom stereocenters. The number of thiophene rings is 1. The number of ether oxygens (including phenoxy) is 1. The van der Waals surface area contributed by atoms with Gasteiger partial charge in [-0.2, -0.15) is 0 Å². The maximum Gasteiger partial charge on any atom is 0.338 e. The number of amides is 2. The largest absolute Gasteiger partial charge is 0.462 e. The Hall–Kier alpha value is -3.14. The van der Waals surface area contributed by atoms with E-state index >= 15 is 0 Å². The summed E-state index contributed by atoms with van der Waals surface area (Å²) in [6.45, 7) is 2.42. The molecule has 180 valence electrons. The van der Waals surface area contributed by atoms with Gasteiger partial charge in [0, 0.05) is 22.0 Å². The van der Waals surface area contributed by atoms with Crippen LogP contribution in [0.3, 0.4) is 0 Å². The van der Waals surface area contributed by atoms with Crippen LogP contribution in [0.1, 0.15) is 28.6 Å². The number of aliphatic imine (C=N–C) groups is 1. The minimum absolute atomic E-state index is 0.00782. The fourth-order valence-corrected chi connectivity index (χ4v) is 5.32. The highest BCUT2D eigenvalue weighted by atomic mass is 35.5. The van der Waals surface area contributed by atoms with E-state index in [1.54, 1.807) is 71.7 Å². The van der Waals surface area contributed by atoms with Crippen molar-refractivity contribution >= 4 is 69.0 Å². The lowest BCUT2D eigenvalue weighted by Gasteiger charge is -2.15. The smallest absolute Gasteiger partial charge is 0.338 e. The summed E-state index contributed by atoms with van der Waals surface area (Å²) in [5.74, 6) is -0.839. The van der Waals surface area contributed by atoms with Crippen molar-refractivity contribution in [1.82, 2.24) is 4.90 Å². The number of carbonyl (C=O) groups excluding carboxylic acids is 3. The topological polar surface area (TPSA) is 88.1 Å². The molecule has 0 radical (unpaired) electrons. The van der Waals surface area contributed by atoms with E-state index in [4.69, 9.17) is 16.3 Å². The third kappa shape index (κ3) is 6.50. The maximum absolute atomic E-state index is 13.3. The van der Waals surface area contributed by atoms with Crippen molar-refractivity contribution in [2.24, 2.45) is 4.99 Å². The molecule has 2 aromatic carbocycles. The summed E-state index contributed by atoms with van der Waals surface area (Å²) in [6, 6.07) is 17.4. The molecule has 0 spiro atoms. The van der Waals surface area contributed by atoms with Crippen LogP contribution in [0.25, 0.3) is 0 Å². The number of benzene rings is 2. The van der Waals surface area contributed by atoms with Gasteiger partial charge in [0.05, 0.1) is 24.4 Å². The van der Waals surface area contributed by atoms with Gasteiger partial charge in [-0.3, -0.25) is 14.5 Å². The molecule has 0 aliphatic carbocycles. The van der Waals surface area contributed by atoms with Crippen LogP contribution in [-0.4, -0.2) is 39.7 Å². The van der Waals surface area contributed by atoms with Crippen molar-refractivity contribution < 1.29 is 19.1 Å². The first-order valence-electron chi connectivity index (χ1n) is 10.8. The number of nitrogens with zero attached hydrogens (tertiary/aromatic N) is 2. The van der Waals surface area contributed by atoms with E-state index in [1.165, 1.54) is 11.8 Å². The summed E-state index contributed by atoms with van der Waals surface area (Å²) in [4.78, 5) is 45.1. The number of nitrogens with one attached hydrogen (secondary N) is 1. The fourth-order valence-electron chi connectivity index (χ4n) is 3.34. The summed E-state index contributed by atoms with van der Waals surface area (Å²) in [7, 11) is 0. The monoisotopic (exact) mass is 527 g/mol. The first-order valence-corrected chi connectivity index (χ1v) is 13.0. The van der Waals surface area contributed by atoms with Crippen LogP contribution in [-0.2, 0) is 20.9 Å². The molecule has 2 amide bonds. The zero-order valence-electron chi connectivity index (χ0n) is 18.8. The molecule has 7 nitrogen and oxygen atoms in total. The molecule has 1 saturated heterocycles. The molecule has 3 aromatic rings. The van der Waals surface area contributed by atoms with Gasteiger partial charge in [0.2, 0.25) is 11.8 Å². The molecular formula is C25H22ClN3O4S2. The van der Waals surface area contributed by atoms with E-state index in [2.05, 4.69) is 10.3 Å². The summed E-state index contributed by atoms with van der Waals surface area (Å²) in [5.41, 5.74) is 1.63. The van der Waals surface area contributed by atoms with Crippen LogP contribution in [0.5, 0.6) is 0 Å². The van der Waals surface area contributed by atoms with Crippen LogP contribution >= 0.6 is 34.7 Å². The van der Waals surface area contributed by atoms with Gasteiger partial charge in [0.25, 0.3) is 0 Å². The van der Waals surface area contributed by atoms with Gasteiger partial charge < -0.3 is 10.1 Å². The summed E-state index contributed by atoms with van der Waals surface area (Å²) in [5, 5.41) is 5.24. The van der Waals surface area contributed by atoms with Gasteiger partial charge in [-0.25, -0.2) is 9.79 Å². The third-order valence-corrected chi connectivity index (χ3v) is 7.30. The Morgan fingerprint density at radius 2 is 1.86 bits per heavy atom. The number of rotatable bonds is 8. The quantitative estimate of drug-likeness (QED) is 0.377. The van der Waals surface area contributed by atoms with Crippen LogP contribution in [0.15, 0.2) is 71.0 Å². The van der Waals surface area contributed by atoms with E-state index in [9.17, 15) is 14.4 Å². The van der Waals surface area contributed by atoms with Gasteiger partial charge in [-0.1, -0.05) is 29.4 Å². The molecule has 1 aliphatic heterocycles. The average Bonchev–Trinajstić information content (AvgIpc) is 3.45. The van der Waals surface area contributed by atoms with Crippen molar-refractivity contribution in [3.05, 3.63) is 81.5 Å². The molecule has 4 rings (SSSR count). The second-order valence-corrected chi connectivity index (χ2v) is 10.2. The van der Waals surface area contributed by atoms with Crippen molar-refractivity contribution in [2.45, 2.75) is 25.1 Å². The first-order chi connectivity index (χ1) is 16.9. The molecular weight excluding hydrogens is 506 g/mol. The molecule has 1 aliphatic rings. The van der Waals surface area contributed by atoms with E-state index in [0.717, 1.165) is 4.88 Å². The highest BCUT2D eigenvalue weighted by Crippen LogP contribution is 2.33. The molecule has 1 N–H and O–H groups in total. The summed E-state index contributed by atoms with van der Waals surface area (Å²) in [6.07, 6.45) is 0.00782. The average molecular weight is 528 g/mol. The van der Waals surface area contributed by atoms with Gasteiger partial charge in [-0.15, -0.1) is 11.3 Å². The van der Waals surface area contributed by atoms with Crippen molar-refractivity contribution in [1.29, 1.82) is 0 Å². The minimum atomic E-state index is -0.597. The van der Waals surface area contributed by atoms with Crippen LogP contribution in [0, 0.1) is 0 Å². The molecule has 0 saturated carbocycles. The van der Waals surface area contributed by atoms with Gasteiger partial charge in [0.1, 0.15) is 5.25 Å². The first kappa shape index (κ1) is 25.0. The molecule has 0 bridgehead atoms. The van der Waals surface area contributed by atoms with E-state index < -0.39 is 11.2 Å². The van der Waals surface area contributed by atoms with Crippen LogP contribution < -0.4 is 5.32 Å². The Morgan fingerprint density at radius 1 is 1.11 bits per heavy atom. The molecule has 10 heteroatoms. The Bertz CT molecular complexity index is 1230. The lowest BCUT2D eigenvalue weighted by atomic mass is 10.2. The van der Waals surface area contributed by atoms with Crippen molar-refractivity contribution in [3.63, 3.8) is 0 Å². The Balaban J connectivity index is 1.51. The standard InChI is InChI=1S/C25H22ClN3O4S2/c1-2-33-24(32)16-5-9-19(10-6-16)28-25-29(15-20-4-3-13-34-20)23(31)21(35-25)14-22(30)27-18-11-7-17(26)8-12-18/h3-13,21H,2,14-15H2,1H3,(H,27,30)/t21-/m1/s1. The number of halogens is 1. The van der Waals surface area contributed by atoms with Crippen molar-refractivity contribution in [3.8, 4) is 0 Å². The van der Waals surface area contributed by atoms with Crippen LogP contribution in [0.4, 0.5) is 11.4 Å². The SMILES string of the molecule is CCOC(=O)c1ccc(N=C2S[C@H](CC(=O)Nc3ccc(Cl)cc3)C(=O)N2Cc2cccs2)cc1. The number of carbonyl (C=O) groups is 3. The number of thioether (sulfide) groups is 1. The molecule has 1 aromatic heterocycles. The number of anilines is 1. The van der Waals surface area contributed by atoms with Gasteiger partial charge >= 0.3 is 5.97 Å². The second kappa shape index (κ2) is 11.5. The normalized spacial score (nSPS) is 16.5. The number of amidine groups is 1. The molecule has 35 heavy (non-hydrogen) atoms. The Labute approximate surface area is 216 Å². The van der Waals surface area contributed by atoms with Crippen molar-refractivity contribution in [2.75, 3.05) is 11.9 Å². The molecule has 0 unspecified atom stereocenters. The predicted octanol–water partition coefficient (Wildman–Crippen LogP) is 5.74. The van der Waals surface area contributed by atoms with Gasteiger partial charge in [-0.05, 0) is 66.9 Å². The van der Waals surface area contributed by atoms with Gasteiger partial charge in [0.15, 0.2) is 5.17 Å². The summed E-state index contributed by atoms with van der Waals surface area (Å²) >= 11 is 8.71. The predicted molar refractivity (Wildman–Crippen MR) is 140 cm³/mol. The molecule has 1 fully saturated rings. The number of esters is 1. The fraction of sp³-hybridized carbons (Fsp3) is 0.200. The third-order valence-electron chi connectivity index (χ3n) is 5.02. The minimum Gasteiger partial charge on any atom is -0.462 e. The molecule has 2 heterocycles. The summed E-state index contributed by atoms with van der Waals surface area (Å²) < 4.78 is 5.02. The Morgan fingerprint density at radius 3 is 2.51 bits per heavy atom. The lowest BCUT2D eigenvalue weighted by molar-refractivity contribution is -0.128. The maximum atomic E-state index is 13.3. The van der Waals surface area contributed by atoms with E-state index in [-0.39, 0.29) is 18.2 Å².